The van der Waals surface area contributed by atoms with E-state index in [4.69, 9.17) is 20.6 Å². The molecule has 0 spiro atoms. The molecule has 24 heavy (non-hydrogen) atoms. The van der Waals surface area contributed by atoms with Gasteiger partial charge in [0.2, 0.25) is 0 Å². The van der Waals surface area contributed by atoms with Crippen molar-refractivity contribution in [2.24, 2.45) is 5.41 Å². The number of nitrogens with one attached hydrogen (secondary N) is 1. The van der Waals surface area contributed by atoms with Crippen LogP contribution in [0, 0.1) is 5.41 Å². The third-order valence-electron chi connectivity index (χ3n) is 3.93. The average molecular weight is 367 g/mol. The smallest absolute Gasteiger partial charge is 0.296 e. The molecule has 1 N–H and O–H groups in total. The molecule has 2 unspecified atom stereocenters. The van der Waals surface area contributed by atoms with E-state index in [9.17, 15) is 4.57 Å². The first-order chi connectivity index (χ1) is 11.4. The van der Waals surface area contributed by atoms with Crippen LogP contribution in [0.2, 0.25) is 5.02 Å². The van der Waals surface area contributed by atoms with Crippen molar-refractivity contribution in [3.05, 3.63) is 64.9 Å². The molecule has 1 aliphatic heterocycles. The Kier molecular flexibility index (Phi) is 5.09. The summed E-state index contributed by atoms with van der Waals surface area (Å²) in [7, 11) is -3.40. The number of nitrogens with zero attached hydrogens (tertiary/aromatic N) is 1. The molecule has 7 heteroatoms. The molecule has 0 amide bonds. The van der Waals surface area contributed by atoms with Crippen LogP contribution in [-0.2, 0) is 20.2 Å². The fourth-order valence-electron chi connectivity index (χ4n) is 2.56. The van der Waals surface area contributed by atoms with Crippen molar-refractivity contribution in [1.29, 1.82) is 0 Å². The highest BCUT2D eigenvalue weighted by Crippen LogP contribution is 2.58. The van der Waals surface area contributed by atoms with Gasteiger partial charge in [-0.3, -0.25) is 14.0 Å². The molecular formula is C17H20ClN2O3P. The van der Waals surface area contributed by atoms with Gasteiger partial charge in [0.15, 0.2) is 0 Å². The number of aromatic nitrogens is 1. The van der Waals surface area contributed by atoms with Gasteiger partial charge in [0, 0.05) is 29.4 Å². The first-order valence-electron chi connectivity index (χ1n) is 7.70. The quantitative estimate of drug-likeness (QED) is 0.791. The van der Waals surface area contributed by atoms with Gasteiger partial charge in [-0.1, -0.05) is 43.6 Å². The van der Waals surface area contributed by atoms with Crippen molar-refractivity contribution in [1.82, 2.24) is 10.1 Å². The van der Waals surface area contributed by atoms with E-state index in [1.165, 1.54) is 0 Å². The minimum Gasteiger partial charge on any atom is -0.296 e. The van der Waals surface area contributed by atoms with Crippen LogP contribution in [0.4, 0.5) is 0 Å². The molecule has 2 atom stereocenters. The Morgan fingerprint density at radius 3 is 2.75 bits per heavy atom. The Morgan fingerprint density at radius 1 is 1.33 bits per heavy atom. The summed E-state index contributed by atoms with van der Waals surface area (Å²) in [5, 5.41) is 3.56. The number of hydrogen-bond acceptors (Lipinski definition) is 4. The van der Waals surface area contributed by atoms with Gasteiger partial charge >= 0.3 is 7.75 Å². The van der Waals surface area contributed by atoms with Crippen molar-refractivity contribution < 1.29 is 13.6 Å². The lowest BCUT2D eigenvalue weighted by atomic mass is 9.83. The van der Waals surface area contributed by atoms with Crippen molar-refractivity contribution >= 4 is 19.3 Å². The SMILES string of the molecule is CC1(C)COP(=O)(NCc2cccnc2)OC1c1ccc(Cl)cc1. The predicted octanol–water partition coefficient (Wildman–Crippen LogP) is 4.75. The molecule has 1 aromatic carbocycles. The van der Waals surface area contributed by atoms with E-state index < -0.39 is 7.75 Å². The maximum Gasteiger partial charge on any atom is 0.406 e. The molecular weight excluding hydrogens is 347 g/mol. The van der Waals surface area contributed by atoms with Crippen molar-refractivity contribution in [2.75, 3.05) is 6.61 Å². The van der Waals surface area contributed by atoms with E-state index in [1.807, 2.05) is 38.1 Å². The minimum atomic E-state index is -3.40. The number of hydrogen-bond donors (Lipinski definition) is 1. The van der Waals surface area contributed by atoms with Crippen LogP contribution in [0.5, 0.6) is 0 Å². The maximum atomic E-state index is 12.9. The van der Waals surface area contributed by atoms with Crippen molar-refractivity contribution in [2.45, 2.75) is 26.5 Å². The second kappa shape index (κ2) is 6.95. The maximum absolute atomic E-state index is 12.9. The minimum absolute atomic E-state index is 0.308. The van der Waals surface area contributed by atoms with Crippen LogP contribution < -0.4 is 5.09 Å². The third-order valence-corrected chi connectivity index (χ3v) is 5.69. The zero-order chi connectivity index (χ0) is 17.2. The van der Waals surface area contributed by atoms with Crippen LogP contribution in [-0.4, -0.2) is 11.6 Å². The molecule has 3 rings (SSSR count). The van der Waals surface area contributed by atoms with Crippen LogP contribution in [0.1, 0.15) is 31.1 Å². The molecule has 1 aliphatic rings. The molecule has 2 aromatic rings. The second-order valence-corrected chi connectivity index (χ2v) is 8.71. The lowest BCUT2D eigenvalue weighted by molar-refractivity contribution is -0.0302. The summed E-state index contributed by atoms with van der Waals surface area (Å²) in [6.45, 7) is 4.74. The van der Waals surface area contributed by atoms with Gasteiger partial charge in [0.25, 0.3) is 0 Å². The Bertz CT molecular complexity index is 737. The zero-order valence-electron chi connectivity index (χ0n) is 13.6. The molecule has 0 aliphatic carbocycles. The molecule has 5 nitrogen and oxygen atoms in total. The fraction of sp³-hybridized carbons (Fsp3) is 0.353. The highest BCUT2D eigenvalue weighted by atomic mass is 35.5. The van der Waals surface area contributed by atoms with Gasteiger partial charge in [-0.15, -0.1) is 0 Å². The molecule has 2 heterocycles. The first kappa shape index (κ1) is 17.6. The van der Waals surface area contributed by atoms with Gasteiger partial charge < -0.3 is 0 Å². The van der Waals surface area contributed by atoms with Gasteiger partial charge in [-0.05, 0) is 29.3 Å². The van der Waals surface area contributed by atoms with Gasteiger partial charge in [-0.2, -0.15) is 0 Å². The molecule has 128 valence electrons. The van der Waals surface area contributed by atoms with E-state index in [-0.39, 0.29) is 11.5 Å². The van der Waals surface area contributed by atoms with Gasteiger partial charge in [0.1, 0.15) is 6.10 Å². The molecule has 0 bridgehead atoms. The van der Waals surface area contributed by atoms with Gasteiger partial charge in [-0.25, -0.2) is 9.65 Å². The lowest BCUT2D eigenvalue weighted by Crippen LogP contribution is -2.36. The molecule has 0 radical (unpaired) electrons. The Labute approximate surface area is 146 Å². The highest BCUT2D eigenvalue weighted by Gasteiger charge is 2.45. The summed E-state index contributed by atoms with van der Waals surface area (Å²) < 4.78 is 24.4. The molecule has 1 saturated heterocycles. The topological polar surface area (TPSA) is 60.5 Å². The summed E-state index contributed by atoms with van der Waals surface area (Å²) in [4.78, 5) is 4.04. The largest absolute Gasteiger partial charge is 0.406 e. The van der Waals surface area contributed by atoms with Crippen molar-refractivity contribution in [3.63, 3.8) is 0 Å². The van der Waals surface area contributed by atoms with E-state index in [2.05, 4.69) is 10.1 Å². The molecule has 1 fully saturated rings. The van der Waals surface area contributed by atoms with Crippen LogP contribution >= 0.6 is 19.3 Å². The van der Waals surface area contributed by atoms with Crippen LogP contribution in [0.25, 0.3) is 0 Å². The van der Waals surface area contributed by atoms with Crippen LogP contribution in [0.3, 0.4) is 0 Å². The fourth-order valence-corrected chi connectivity index (χ4v) is 4.48. The summed E-state index contributed by atoms with van der Waals surface area (Å²) in [6.07, 6.45) is 3.05. The highest BCUT2D eigenvalue weighted by molar-refractivity contribution is 7.51. The zero-order valence-corrected chi connectivity index (χ0v) is 15.3. The number of pyridine rings is 1. The van der Waals surface area contributed by atoms with Crippen LogP contribution in [0.15, 0.2) is 48.8 Å². The average Bonchev–Trinajstić information content (AvgIpc) is 2.58. The second-order valence-electron chi connectivity index (χ2n) is 6.49. The third kappa shape index (κ3) is 4.05. The Morgan fingerprint density at radius 2 is 2.08 bits per heavy atom. The Hall–Kier alpha value is -1.23. The van der Waals surface area contributed by atoms with Crippen molar-refractivity contribution in [3.8, 4) is 0 Å². The summed E-state index contributed by atoms with van der Waals surface area (Å²) in [5.41, 5.74) is 1.53. The Balaban J connectivity index is 1.76. The van der Waals surface area contributed by atoms with E-state index in [0.29, 0.717) is 18.2 Å². The summed E-state index contributed by atoms with van der Waals surface area (Å²) in [6, 6.07) is 11.1. The summed E-state index contributed by atoms with van der Waals surface area (Å²) in [5.74, 6) is 0. The monoisotopic (exact) mass is 366 g/mol. The summed E-state index contributed by atoms with van der Waals surface area (Å²) >= 11 is 5.96. The van der Waals surface area contributed by atoms with E-state index >= 15 is 0 Å². The molecule has 1 aromatic heterocycles. The number of benzene rings is 1. The number of rotatable bonds is 4. The first-order valence-corrected chi connectivity index (χ1v) is 9.63. The molecule has 0 saturated carbocycles. The standard InChI is InChI=1S/C17H20ClN2O3P/c1-17(2)12-22-24(21,20-11-13-4-3-9-19-10-13)23-16(17)14-5-7-15(18)8-6-14/h3-10,16H,11-12H2,1-2H3,(H,20,21). The van der Waals surface area contributed by atoms with Gasteiger partial charge in [0.05, 0.1) is 6.61 Å². The normalized spacial score (nSPS) is 26.2. The van der Waals surface area contributed by atoms with E-state index in [1.54, 1.807) is 24.5 Å². The number of halogens is 1. The predicted molar refractivity (Wildman–Crippen MR) is 93.7 cm³/mol. The lowest BCUT2D eigenvalue weighted by Gasteiger charge is -2.41. The van der Waals surface area contributed by atoms with E-state index in [0.717, 1.165) is 11.1 Å².